The smallest absolute Gasteiger partial charge is 0.207 e. The fourth-order valence-corrected chi connectivity index (χ4v) is 3.79. The Bertz CT molecular complexity index is 735. The molecular weight excluding hydrogens is 289 g/mol. The van der Waals surface area contributed by atoms with Gasteiger partial charge in [0.05, 0.1) is 0 Å². The average Bonchev–Trinajstić information content (AvgIpc) is 2.36. The maximum atomic E-state index is 14.2. The Hall–Kier alpha value is -1.72. The van der Waals surface area contributed by atoms with Crippen molar-refractivity contribution >= 4 is 10.0 Å². The Labute approximate surface area is 124 Å². The van der Waals surface area contributed by atoms with Crippen LogP contribution in [0.4, 0.5) is 4.39 Å². The third-order valence-electron chi connectivity index (χ3n) is 2.76. The molecule has 0 aliphatic rings. The Balaban J connectivity index is 2.64. The molecule has 0 aromatic heterocycles. The zero-order chi connectivity index (χ0) is 15.7. The molecule has 1 N–H and O–H groups in total. The van der Waals surface area contributed by atoms with E-state index in [1.807, 2.05) is 6.07 Å². The molecule has 112 valence electrons. The molecule has 3 nitrogen and oxygen atoms in total. The minimum atomic E-state index is -3.95. The topological polar surface area (TPSA) is 46.2 Å². The largest absolute Gasteiger partial charge is 0.244 e. The van der Waals surface area contributed by atoms with Crippen molar-refractivity contribution in [3.05, 3.63) is 54.3 Å². The van der Waals surface area contributed by atoms with E-state index in [0.717, 1.165) is 6.07 Å². The van der Waals surface area contributed by atoms with Crippen LogP contribution in [0.25, 0.3) is 11.1 Å². The van der Waals surface area contributed by atoms with Gasteiger partial charge in [0.2, 0.25) is 10.0 Å². The molecule has 2 rings (SSSR count). The zero-order valence-electron chi connectivity index (χ0n) is 12.2. The van der Waals surface area contributed by atoms with E-state index in [4.69, 9.17) is 0 Å². The normalized spacial score (nSPS) is 12.4. The van der Waals surface area contributed by atoms with Crippen molar-refractivity contribution in [2.75, 3.05) is 0 Å². The van der Waals surface area contributed by atoms with Crippen LogP contribution in [0.1, 0.15) is 20.8 Å². The molecule has 0 unspecified atom stereocenters. The summed E-state index contributed by atoms with van der Waals surface area (Å²) in [7, 11) is -3.95. The monoisotopic (exact) mass is 307 g/mol. The SMILES string of the molecule is CC(C)(C)NS(=O)(=O)c1c(F)cccc1-c1ccccc1. The van der Waals surface area contributed by atoms with Crippen molar-refractivity contribution < 1.29 is 12.8 Å². The highest BCUT2D eigenvalue weighted by molar-refractivity contribution is 7.89. The van der Waals surface area contributed by atoms with E-state index in [1.165, 1.54) is 6.07 Å². The number of halogens is 1. The van der Waals surface area contributed by atoms with Crippen LogP contribution in [-0.4, -0.2) is 14.0 Å². The van der Waals surface area contributed by atoms with Gasteiger partial charge < -0.3 is 0 Å². The van der Waals surface area contributed by atoms with Gasteiger partial charge in [0.25, 0.3) is 0 Å². The Morgan fingerprint density at radius 3 is 2.14 bits per heavy atom. The Morgan fingerprint density at radius 2 is 1.57 bits per heavy atom. The van der Waals surface area contributed by atoms with Crippen LogP contribution < -0.4 is 4.72 Å². The van der Waals surface area contributed by atoms with Crippen LogP contribution in [0.2, 0.25) is 0 Å². The summed E-state index contributed by atoms with van der Waals surface area (Å²) in [6.07, 6.45) is 0. The van der Waals surface area contributed by atoms with Crippen molar-refractivity contribution in [3.63, 3.8) is 0 Å². The minimum Gasteiger partial charge on any atom is -0.207 e. The molecule has 0 saturated carbocycles. The molecule has 0 aliphatic carbocycles. The van der Waals surface area contributed by atoms with E-state index < -0.39 is 21.4 Å². The zero-order valence-corrected chi connectivity index (χ0v) is 13.0. The number of sulfonamides is 1. The third kappa shape index (κ3) is 3.68. The Morgan fingerprint density at radius 1 is 0.952 bits per heavy atom. The highest BCUT2D eigenvalue weighted by Crippen LogP contribution is 2.30. The van der Waals surface area contributed by atoms with Crippen molar-refractivity contribution in [1.82, 2.24) is 4.72 Å². The molecule has 0 bridgehead atoms. The summed E-state index contributed by atoms with van der Waals surface area (Å²) in [5.74, 6) is -0.756. The van der Waals surface area contributed by atoms with Crippen molar-refractivity contribution in [1.29, 1.82) is 0 Å². The molecule has 5 heteroatoms. The molecule has 2 aromatic rings. The van der Waals surface area contributed by atoms with Crippen molar-refractivity contribution in [2.45, 2.75) is 31.2 Å². The van der Waals surface area contributed by atoms with E-state index in [2.05, 4.69) is 4.72 Å². The van der Waals surface area contributed by atoms with Crippen molar-refractivity contribution in [3.8, 4) is 11.1 Å². The summed E-state index contributed by atoms with van der Waals surface area (Å²) in [5, 5.41) is 0. The first-order chi connectivity index (χ1) is 9.71. The van der Waals surface area contributed by atoms with E-state index in [1.54, 1.807) is 51.1 Å². The minimum absolute atomic E-state index is 0.314. The predicted octanol–water partition coefficient (Wildman–Crippen LogP) is 3.57. The van der Waals surface area contributed by atoms with Crippen LogP contribution >= 0.6 is 0 Å². The lowest BCUT2D eigenvalue weighted by Gasteiger charge is -2.22. The predicted molar refractivity (Wildman–Crippen MR) is 81.9 cm³/mol. The van der Waals surface area contributed by atoms with Crippen LogP contribution in [-0.2, 0) is 10.0 Å². The number of rotatable bonds is 3. The first kappa shape index (κ1) is 15.7. The van der Waals surface area contributed by atoms with E-state index in [-0.39, 0.29) is 4.90 Å². The maximum Gasteiger partial charge on any atom is 0.244 e. The maximum absolute atomic E-state index is 14.2. The van der Waals surface area contributed by atoms with Gasteiger partial charge in [-0.05, 0) is 32.4 Å². The highest BCUT2D eigenvalue weighted by atomic mass is 32.2. The summed E-state index contributed by atoms with van der Waals surface area (Å²) < 4.78 is 41.7. The summed E-state index contributed by atoms with van der Waals surface area (Å²) >= 11 is 0. The number of hydrogen-bond donors (Lipinski definition) is 1. The molecule has 0 saturated heterocycles. The average molecular weight is 307 g/mol. The molecule has 2 aromatic carbocycles. The van der Waals surface area contributed by atoms with E-state index >= 15 is 0 Å². The second kappa shape index (κ2) is 5.58. The summed E-state index contributed by atoms with van der Waals surface area (Å²) in [5.41, 5.74) is 0.327. The molecule has 21 heavy (non-hydrogen) atoms. The summed E-state index contributed by atoms with van der Waals surface area (Å²) in [4.78, 5) is -0.314. The molecular formula is C16H18FNO2S. The molecule has 0 fully saturated rings. The second-order valence-electron chi connectivity index (χ2n) is 5.84. The van der Waals surface area contributed by atoms with Gasteiger partial charge in [0, 0.05) is 11.1 Å². The third-order valence-corrected chi connectivity index (χ3v) is 4.59. The molecule has 0 amide bonds. The number of benzene rings is 2. The molecule has 0 heterocycles. The van der Waals surface area contributed by atoms with Crippen LogP contribution in [0.15, 0.2) is 53.4 Å². The second-order valence-corrected chi connectivity index (χ2v) is 7.46. The van der Waals surface area contributed by atoms with Gasteiger partial charge in [0.1, 0.15) is 10.7 Å². The van der Waals surface area contributed by atoms with Crippen LogP contribution in [0, 0.1) is 5.82 Å². The van der Waals surface area contributed by atoms with Gasteiger partial charge in [-0.25, -0.2) is 17.5 Å². The summed E-state index contributed by atoms with van der Waals surface area (Å²) in [6.45, 7) is 5.15. The first-order valence-electron chi connectivity index (χ1n) is 6.59. The van der Waals surface area contributed by atoms with E-state index in [0.29, 0.717) is 11.1 Å². The van der Waals surface area contributed by atoms with Gasteiger partial charge in [-0.2, -0.15) is 0 Å². The van der Waals surface area contributed by atoms with Gasteiger partial charge in [-0.15, -0.1) is 0 Å². The lowest BCUT2D eigenvalue weighted by Crippen LogP contribution is -2.41. The highest BCUT2D eigenvalue weighted by Gasteiger charge is 2.28. The Kier molecular flexibility index (Phi) is 4.16. The summed E-state index contributed by atoms with van der Waals surface area (Å²) in [6, 6.07) is 13.2. The first-order valence-corrected chi connectivity index (χ1v) is 8.07. The molecule has 0 atom stereocenters. The van der Waals surface area contributed by atoms with E-state index in [9.17, 15) is 12.8 Å². The van der Waals surface area contributed by atoms with Crippen LogP contribution in [0.5, 0.6) is 0 Å². The van der Waals surface area contributed by atoms with Gasteiger partial charge >= 0.3 is 0 Å². The van der Waals surface area contributed by atoms with Gasteiger partial charge in [0.15, 0.2) is 0 Å². The lowest BCUT2D eigenvalue weighted by molar-refractivity contribution is 0.486. The standard InChI is InChI=1S/C16H18FNO2S/c1-16(2,3)18-21(19,20)15-13(10-7-11-14(15)17)12-8-5-4-6-9-12/h4-11,18H,1-3H3. The quantitative estimate of drug-likeness (QED) is 0.942. The van der Waals surface area contributed by atoms with Crippen LogP contribution in [0.3, 0.4) is 0 Å². The fraction of sp³-hybridized carbons (Fsp3) is 0.250. The lowest BCUT2D eigenvalue weighted by atomic mass is 10.1. The van der Waals surface area contributed by atoms with Gasteiger partial charge in [-0.3, -0.25) is 0 Å². The van der Waals surface area contributed by atoms with Crippen molar-refractivity contribution in [2.24, 2.45) is 0 Å². The number of nitrogens with one attached hydrogen (secondary N) is 1. The molecule has 0 radical (unpaired) electrons. The molecule has 0 spiro atoms. The molecule has 0 aliphatic heterocycles. The van der Waals surface area contributed by atoms with Gasteiger partial charge in [-0.1, -0.05) is 42.5 Å². The fourth-order valence-electron chi connectivity index (χ4n) is 2.08. The number of hydrogen-bond acceptors (Lipinski definition) is 2.